The molecule has 0 amide bonds. The van der Waals surface area contributed by atoms with Crippen LogP contribution in [0.15, 0.2) is 23.4 Å². The summed E-state index contributed by atoms with van der Waals surface area (Å²) in [6.45, 7) is 0. The van der Waals surface area contributed by atoms with Gasteiger partial charge < -0.3 is 4.55 Å². The lowest BCUT2D eigenvalue weighted by Crippen LogP contribution is -1.91. The average molecular weight is 204 g/mol. The maximum atomic E-state index is 10.4. The normalized spacial score (nSPS) is 9.75. The zero-order chi connectivity index (χ0) is 8.97. The van der Waals surface area contributed by atoms with E-state index in [1.54, 1.807) is 0 Å². The molecule has 0 saturated carbocycles. The van der Waals surface area contributed by atoms with Crippen molar-refractivity contribution in [1.82, 2.24) is 4.98 Å². The first kappa shape index (κ1) is 9.30. The van der Waals surface area contributed by atoms with Crippen LogP contribution in [0.2, 0.25) is 0 Å². The number of pyridine rings is 1. The Hall–Kier alpha value is -0.790. The van der Waals surface area contributed by atoms with Gasteiger partial charge in [0.05, 0.1) is 16.0 Å². The summed E-state index contributed by atoms with van der Waals surface area (Å²) in [5.41, 5.74) is -0.0935. The van der Waals surface area contributed by atoms with Crippen LogP contribution in [0.4, 0.5) is 5.69 Å². The maximum Gasteiger partial charge on any atom is 0.302 e. The van der Waals surface area contributed by atoms with Crippen molar-refractivity contribution < 1.29 is 9.48 Å². The molecule has 64 valence electrons. The topological polar surface area (TPSA) is 76.3 Å². The van der Waals surface area contributed by atoms with Gasteiger partial charge in [0.2, 0.25) is 0 Å². The van der Waals surface area contributed by atoms with Gasteiger partial charge in [0.1, 0.15) is 0 Å². The number of hydrogen-bond acceptors (Lipinski definition) is 6. The molecule has 12 heavy (non-hydrogen) atoms. The molecule has 0 aliphatic rings. The number of hydrogen-bond donors (Lipinski definition) is 1. The number of rotatable bonds is 3. The fourth-order valence-electron chi connectivity index (χ4n) is 0.621. The van der Waals surface area contributed by atoms with E-state index in [1.165, 1.54) is 18.3 Å². The van der Waals surface area contributed by atoms with Gasteiger partial charge in [-0.05, 0) is 16.9 Å². The fraction of sp³-hybridized carbons (Fsp3) is 0. The lowest BCUT2D eigenvalue weighted by atomic mass is 10.4. The minimum atomic E-state index is -0.536. The highest BCUT2D eigenvalue weighted by molar-refractivity contribution is 8.74. The van der Waals surface area contributed by atoms with Crippen molar-refractivity contribution in [2.45, 2.75) is 5.03 Å². The highest BCUT2D eigenvalue weighted by Gasteiger charge is 2.14. The van der Waals surface area contributed by atoms with Gasteiger partial charge in [0.15, 0.2) is 5.03 Å². The second-order valence-electron chi connectivity index (χ2n) is 1.74. The molecule has 1 rings (SSSR count). The van der Waals surface area contributed by atoms with Crippen LogP contribution < -0.4 is 0 Å². The molecule has 0 spiro atoms. The fourth-order valence-corrected chi connectivity index (χ4v) is 1.62. The summed E-state index contributed by atoms with van der Waals surface area (Å²) < 4.78 is 8.44. The number of nitro groups is 1. The van der Waals surface area contributed by atoms with Crippen molar-refractivity contribution in [3.05, 3.63) is 28.4 Å². The minimum absolute atomic E-state index is 0.0935. The van der Waals surface area contributed by atoms with Gasteiger partial charge in [-0.25, -0.2) is 4.98 Å². The van der Waals surface area contributed by atoms with E-state index in [0.717, 1.165) is 10.8 Å². The molecule has 7 heteroatoms. The van der Waals surface area contributed by atoms with Gasteiger partial charge in [-0.1, -0.05) is 0 Å². The van der Waals surface area contributed by atoms with Gasteiger partial charge in [-0.15, -0.1) is 0 Å². The summed E-state index contributed by atoms with van der Waals surface area (Å²) in [5, 5.41) is 10.6. The van der Waals surface area contributed by atoms with E-state index >= 15 is 0 Å². The maximum absolute atomic E-state index is 10.4. The Morgan fingerprint density at radius 2 is 2.42 bits per heavy atom. The van der Waals surface area contributed by atoms with E-state index in [1.807, 2.05) is 0 Å². The lowest BCUT2D eigenvalue weighted by molar-refractivity contribution is -0.388. The molecule has 0 aliphatic carbocycles. The first-order chi connectivity index (χ1) is 5.75. The van der Waals surface area contributed by atoms with Crippen molar-refractivity contribution in [2.75, 3.05) is 0 Å². The van der Waals surface area contributed by atoms with Crippen LogP contribution >= 0.6 is 21.9 Å². The van der Waals surface area contributed by atoms with E-state index in [9.17, 15) is 10.1 Å². The van der Waals surface area contributed by atoms with E-state index in [4.69, 9.17) is 4.55 Å². The second kappa shape index (κ2) is 4.29. The van der Waals surface area contributed by atoms with E-state index < -0.39 is 4.92 Å². The van der Waals surface area contributed by atoms with Crippen molar-refractivity contribution >= 4 is 27.6 Å². The van der Waals surface area contributed by atoms with Crippen LogP contribution in [-0.4, -0.2) is 14.5 Å². The number of aromatic nitrogens is 1. The Kier molecular flexibility index (Phi) is 3.32. The van der Waals surface area contributed by atoms with Crippen LogP contribution in [-0.2, 0) is 0 Å². The smallest absolute Gasteiger partial charge is 0.302 e. The molecular formula is C5H4N2O3S2. The summed E-state index contributed by atoms with van der Waals surface area (Å²) in [6.07, 6.45) is 1.44. The van der Waals surface area contributed by atoms with Crippen LogP contribution in [0.25, 0.3) is 0 Å². The summed E-state index contributed by atoms with van der Waals surface area (Å²) in [4.78, 5) is 13.6. The highest BCUT2D eigenvalue weighted by atomic mass is 33.1. The van der Waals surface area contributed by atoms with E-state index in [2.05, 4.69) is 4.98 Å². The zero-order valence-electron chi connectivity index (χ0n) is 5.71. The Balaban J connectivity index is 3.00. The third-order valence-electron chi connectivity index (χ3n) is 1.06. The molecule has 0 unspecified atom stereocenters. The Bertz CT molecular complexity index is 294. The summed E-state index contributed by atoms with van der Waals surface area (Å²) >= 11 is 0.436. The minimum Gasteiger partial charge on any atom is -0.320 e. The molecule has 0 atom stereocenters. The SMILES string of the molecule is O=[N+]([O-])c1cccnc1SSO. The molecule has 5 nitrogen and oxygen atoms in total. The summed E-state index contributed by atoms with van der Waals surface area (Å²) in [7, 11) is 0.850. The van der Waals surface area contributed by atoms with Crippen molar-refractivity contribution in [1.29, 1.82) is 0 Å². The zero-order valence-corrected chi connectivity index (χ0v) is 7.34. The first-order valence-corrected chi connectivity index (χ1v) is 4.94. The third-order valence-corrected chi connectivity index (χ3v) is 2.31. The molecule has 0 fully saturated rings. The standard InChI is InChI=1S/C5H4N2O3S2/c8-7(9)4-2-1-3-6-5(4)11-12-10/h1-3,10H. The summed E-state index contributed by atoms with van der Waals surface area (Å²) in [6, 6.07) is 2.82. The molecule has 0 radical (unpaired) electrons. The molecule has 1 heterocycles. The average Bonchev–Trinajstić information content (AvgIpc) is 2.05. The van der Waals surface area contributed by atoms with Crippen LogP contribution in [0, 0.1) is 10.1 Å². The van der Waals surface area contributed by atoms with Gasteiger partial charge in [0, 0.05) is 12.3 Å². The Morgan fingerprint density at radius 3 is 3.00 bits per heavy atom. The first-order valence-electron chi connectivity index (χ1n) is 2.83. The molecular weight excluding hydrogens is 200 g/mol. The quantitative estimate of drug-likeness (QED) is 0.352. The molecule has 0 aliphatic heterocycles. The van der Waals surface area contributed by atoms with Crippen LogP contribution in [0.5, 0.6) is 0 Å². The molecule has 1 N–H and O–H groups in total. The van der Waals surface area contributed by atoms with E-state index in [-0.39, 0.29) is 10.7 Å². The predicted octanol–water partition coefficient (Wildman–Crippen LogP) is 2.20. The van der Waals surface area contributed by atoms with Gasteiger partial charge in [0.25, 0.3) is 0 Å². The van der Waals surface area contributed by atoms with Gasteiger partial charge in [-0.3, -0.25) is 10.1 Å². The Labute approximate surface area is 76.0 Å². The molecule has 0 saturated heterocycles. The molecule has 1 aromatic heterocycles. The highest BCUT2D eigenvalue weighted by Crippen LogP contribution is 2.32. The largest absolute Gasteiger partial charge is 0.320 e. The van der Waals surface area contributed by atoms with Crippen LogP contribution in [0.1, 0.15) is 0 Å². The molecule has 0 aromatic carbocycles. The lowest BCUT2D eigenvalue weighted by Gasteiger charge is -1.95. The van der Waals surface area contributed by atoms with Crippen molar-refractivity contribution in [3.8, 4) is 0 Å². The second-order valence-corrected chi connectivity index (χ2v) is 3.39. The van der Waals surface area contributed by atoms with Crippen molar-refractivity contribution in [3.63, 3.8) is 0 Å². The number of nitrogens with zero attached hydrogens (tertiary/aromatic N) is 2. The van der Waals surface area contributed by atoms with Gasteiger partial charge in [-0.2, -0.15) is 0 Å². The Morgan fingerprint density at radius 1 is 1.67 bits per heavy atom. The monoisotopic (exact) mass is 204 g/mol. The molecule has 1 aromatic rings. The van der Waals surface area contributed by atoms with Crippen LogP contribution in [0.3, 0.4) is 0 Å². The van der Waals surface area contributed by atoms with E-state index in [0.29, 0.717) is 11.1 Å². The van der Waals surface area contributed by atoms with Gasteiger partial charge >= 0.3 is 5.69 Å². The summed E-state index contributed by atoms with van der Waals surface area (Å²) in [5.74, 6) is 0. The predicted molar refractivity (Wildman–Crippen MR) is 47.0 cm³/mol. The third kappa shape index (κ3) is 2.10. The van der Waals surface area contributed by atoms with Crippen molar-refractivity contribution in [2.24, 2.45) is 0 Å². The molecule has 0 bridgehead atoms.